The van der Waals surface area contributed by atoms with E-state index < -0.39 is 11.1 Å². The summed E-state index contributed by atoms with van der Waals surface area (Å²) < 4.78 is 16.5. The number of halogens is 1. The van der Waals surface area contributed by atoms with Crippen molar-refractivity contribution in [2.75, 3.05) is 0 Å². The standard InChI is InChI=1S/C24H20FN3O3/c1-27-20-8-4-5-9-21(20)28(24(31)23(27)30)15-16-10-12-17(13-11-16)22(29)26-14-18-6-2-3-7-19(18)25/h2-13H,14-15H2,1H3,(H,26,29). The van der Waals surface area contributed by atoms with E-state index in [0.717, 1.165) is 5.56 Å². The number of aromatic nitrogens is 2. The van der Waals surface area contributed by atoms with Crippen molar-refractivity contribution >= 4 is 16.9 Å². The van der Waals surface area contributed by atoms with Gasteiger partial charge in [0.15, 0.2) is 0 Å². The van der Waals surface area contributed by atoms with Crippen molar-refractivity contribution in [3.05, 3.63) is 116 Å². The van der Waals surface area contributed by atoms with Crippen molar-refractivity contribution < 1.29 is 9.18 Å². The zero-order valence-corrected chi connectivity index (χ0v) is 16.8. The van der Waals surface area contributed by atoms with Crippen LogP contribution in [0.3, 0.4) is 0 Å². The molecule has 6 nitrogen and oxygen atoms in total. The molecular weight excluding hydrogens is 397 g/mol. The molecule has 0 spiro atoms. The van der Waals surface area contributed by atoms with Gasteiger partial charge in [-0.15, -0.1) is 0 Å². The molecule has 4 aromatic rings. The summed E-state index contributed by atoms with van der Waals surface area (Å²) >= 11 is 0. The monoisotopic (exact) mass is 417 g/mol. The third kappa shape index (κ3) is 4.02. The Morgan fingerprint density at radius 1 is 0.871 bits per heavy atom. The number of hydrogen-bond donors (Lipinski definition) is 1. The smallest absolute Gasteiger partial charge is 0.317 e. The number of amides is 1. The van der Waals surface area contributed by atoms with Crippen LogP contribution in [0.4, 0.5) is 4.39 Å². The van der Waals surface area contributed by atoms with E-state index in [1.54, 1.807) is 61.6 Å². The van der Waals surface area contributed by atoms with Crippen molar-refractivity contribution in [3.63, 3.8) is 0 Å². The van der Waals surface area contributed by atoms with Crippen LogP contribution in [0, 0.1) is 5.82 Å². The first-order chi connectivity index (χ1) is 15.0. The number of nitrogens with one attached hydrogen (secondary N) is 1. The predicted octanol–water partition coefficient (Wildman–Crippen LogP) is 2.82. The van der Waals surface area contributed by atoms with E-state index in [0.29, 0.717) is 22.2 Å². The Kier molecular flexibility index (Phi) is 5.49. The third-order valence-electron chi connectivity index (χ3n) is 5.22. The molecule has 0 bridgehead atoms. The highest BCUT2D eigenvalue weighted by Crippen LogP contribution is 2.13. The van der Waals surface area contributed by atoms with Crippen molar-refractivity contribution in [1.29, 1.82) is 0 Å². The summed E-state index contributed by atoms with van der Waals surface area (Å²) in [5.41, 5.74) is 1.71. The summed E-state index contributed by atoms with van der Waals surface area (Å²) in [5, 5.41) is 2.69. The molecule has 0 aliphatic heterocycles. The number of nitrogens with zero attached hydrogens (tertiary/aromatic N) is 2. The topological polar surface area (TPSA) is 73.1 Å². The molecule has 0 unspecified atom stereocenters. The molecule has 0 aliphatic rings. The van der Waals surface area contributed by atoms with Gasteiger partial charge in [0.1, 0.15) is 5.82 Å². The highest BCUT2D eigenvalue weighted by atomic mass is 19.1. The fourth-order valence-electron chi connectivity index (χ4n) is 3.47. The number of fused-ring (bicyclic) bond motifs is 1. The van der Waals surface area contributed by atoms with Gasteiger partial charge < -0.3 is 9.88 Å². The predicted molar refractivity (Wildman–Crippen MR) is 117 cm³/mol. The zero-order chi connectivity index (χ0) is 22.0. The van der Waals surface area contributed by atoms with E-state index in [2.05, 4.69) is 5.32 Å². The van der Waals surface area contributed by atoms with Crippen LogP contribution in [0.25, 0.3) is 11.0 Å². The molecule has 0 aliphatic carbocycles. The molecule has 1 aromatic heterocycles. The molecule has 31 heavy (non-hydrogen) atoms. The van der Waals surface area contributed by atoms with Crippen LogP contribution in [0.2, 0.25) is 0 Å². The molecule has 0 saturated carbocycles. The summed E-state index contributed by atoms with van der Waals surface area (Å²) in [4.78, 5) is 37.2. The fourth-order valence-corrected chi connectivity index (χ4v) is 3.47. The van der Waals surface area contributed by atoms with Gasteiger partial charge in [-0.05, 0) is 35.9 Å². The molecule has 0 radical (unpaired) electrons. The van der Waals surface area contributed by atoms with Gasteiger partial charge in [-0.1, -0.05) is 42.5 Å². The van der Waals surface area contributed by atoms with Crippen molar-refractivity contribution in [3.8, 4) is 0 Å². The minimum absolute atomic E-state index is 0.0853. The van der Waals surface area contributed by atoms with E-state index in [4.69, 9.17) is 0 Å². The Bertz CT molecular complexity index is 1390. The summed E-state index contributed by atoms with van der Waals surface area (Å²) in [6.45, 7) is 0.286. The quantitative estimate of drug-likeness (QED) is 0.508. The zero-order valence-electron chi connectivity index (χ0n) is 16.8. The Morgan fingerprint density at radius 2 is 1.52 bits per heavy atom. The van der Waals surface area contributed by atoms with Crippen LogP contribution in [-0.2, 0) is 20.1 Å². The molecule has 1 heterocycles. The Morgan fingerprint density at radius 3 is 2.23 bits per heavy atom. The second kappa shape index (κ2) is 8.39. The maximum absolute atomic E-state index is 13.7. The molecule has 4 rings (SSSR count). The lowest BCUT2D eigenvalue weighted by Crippen LogP contribution is -2.40. The lowest BCUT2D eigenvalue weighted by atomic mass is 10.1. The van der Waals surface area contributed by atoms with Gasteiger partial charge in [-0.25, -0.2) is 4.39 Å². The number of aryl methyl sites for hydroxylation is 1. The summed E-state index contributed by atoms with van der Waals surface area (Å²) in [6.07, 6.45) is 0. The fraction of sp³-hybridized carbons (Fsp3) is 0.125. The lowest BCUT2D eigenvalue weighted by Gasteiger charge is -2.13. The summed E-state index contributed by atoms with van der Waals surface area (Å²) in [6, 6.07) is 20.2. The first-order valence-electron chi connectivity index (χ1n) is 9.75. The molecule has 156 valence electrons. The Hall–Kier alpha value is -4.00. The van der Waals surface area contributed by atoms with Crippen LogP contribution < -0.4 is 16.4 Å². The van der Waals surface area contributed by atoms with E-state index >= 15 is 0 Å². The van der Waals surface area contributed by atoms with Crippen LogP contribution in [-0.4, -0.2) is 15.0 Å². The molecular formula is C24H20FN3O3. The average Bonchev–Trinajstić information content (AvgIpc) is 2.80. The lowest BCUT2D eigenvalue weighted by molar-refractivity contribution is 0.0950. The van der Waals surface area contributed by atoms with Crippen LogP contribution >= 0.6 is 0 Å². The normalized spacial score (nSPS) is 10.9. The van der Waals surface area contributed by atoms with Crippen LogP contribution in [0.5, 0.6) is 0 Å². The second-order valence-electron chi connectivity index (χ2n) is 7.22. The highest BCUT2D eigenvalue weighted by Gasteiger charge is 2.12. The number of carbonyl (C=O) groups is 1. The second-order valence-corrected chi connectivity index (χ2v) is 7.22. The summed E-state index contributed by atoms with van der Waals surface area (Å²) in [7, 11) is 1.57. The van der Waals surface area contributed by atoms with Gasteiger partial charge in [-0.3, -0.25) is 19.0 Å². The summed E-state index contributed by atoms with van der Waals surface area (Å²) in [5.74, 6) is -0.698. The number of hydrogen-bond acceptors (Lipinski definition) is 3. The van der Waals surface area contributed by atoms with Gasteiger partial charge in [0.05, 0.1) is 17.6 Å². The maximum atomic E-state index is 13.7. The first kappa shape index (κ1) is 20.3. The number of rotatable bonds is 5. The van der Waals surface area contributed by atoms with Gasteiger partial charge in [0.2, 0.25) is 0 Å². The van der Waals surface area contributed by atoms with Gasteiger partial charge in [-0.2, -0.15) is 0 Å². The third-order valence-corrected chi connectivity index (χ3v) is 5.22. The van der Waals surface area contributed by atoms with Crippen molar-refractivity contribution in [2.24, 2.45) is 7.05 Å². The molecule has 1 amide bonds. The molecule has 0 saturated heterocycles. The van der Waals surface area contributed by atoms with E-state index in [-0.39, 0.29) is 24.8 Å². The van der Waals surface area contributed by atoms with Crippen LogP contribution in [0.15, 0.2) is 82.4 Å². The first-order valence-corrected chi connectivity index (χ1v) is 9.75. The molecule has 0 fully saturated rings. The minimum Gasteiger partial charge on any atom is -0.348 e. The average molecular weight is 417 g/mol. The van der Waals surface area contributed by atoms with E-state index in [1.165, 1.54) is 15.2 Å². The van der Waals surface area contributed by atoms with Crippen molar-refractivity contribution in [1.82, 2.24) is 14.5 Å². The Labute approximate surface area is 177 Å². The van der Waals surface area contributed by atoms with Crippen LogP contribution in [0.1, 0.15) is 21.5 Å². The largest absolute Gasteiger partial charge is 0.348 e. The van der Waals surface area contributed by atoms with E-state index in [1.807, 2.05) is 12.1 Å². The van der Waals surface area contributed by atoms with E-state index in [9.17, 15) is 18.8 Å². The molecule has 0 atom stereocenters. The SMILES string of the molecule is Cn1c(=O)c(=O)n(Cc2ccc(C(=O)NCc3ccccc3F)cc2)c2ccccc21. The maximum Gasteiger partial charge on any atom is 0.317 e. The molecule has 1 N–H and O–H groups in total. The number of para-hydroxylation sites is 2. The highest BCUT2D eigenvalue weighted by molar-refractivity contribution is 5.94. The molecule has 7 heteroatoms. The molecule has 3 aromatic carbocycles. The minimum atomic E-state index is -0.604. The van der Waals surface area contributed by atoms with Gasteiger partial charge in [0.25, 0.3) is 5.91 Å². The number of carbonyl (C=O) groups excluding carboxylic acids is 1. The van der Waals surface area contributed by atoms with Gasteiger partial charge >= 0.3 is 11.1 Å². The number of benzene rings is 3. The van der Waals surface area contributed by atoms with Gasteiger partial charge in [0, 0.05) is 24.7 Å². The van der Waals surface area contributed by atoms with Crippen molar-refractivity contribution in [2.45, 2.75) is 13.1 Å². The Balaban J connectivity index is 1.55.